The van der Waals surface area contributed by atoms with Crippen LogP contribution in [-0.2, 0) is 6.54 Å². The molecule has 0 fully saturated rings. The summed E-state index contributed by atoms with van der Waals surface area (Å²) in [7, 11) is 1.81. The second kappa shape index (κ2) is 5.70. The monoisotopic (exact) mass is 289 g/mol. The molecule has 2 rings (SSSR count). The summed E-state index contributed by atoms with van der Waals surface area (Å²) < 4.78 is 0. The van der Waals surface area contributed by atoms with Gasteiger partial charge in [-0.05, 0) is 11.6 Å². The Bertz CT molecular complexity index is 697. The molecule has 0 spiro atoms. The van der Waals surface area contributed by atoms with Gasteiger partial charge >= 0.3 is 0 Å². The number of H-pyrrole nitrogens is 1. The molecule has 5 N–H and O–H groups in total. The molecule has 0 atom stereocenters. The normalized spacial score (nSPS) is 10.2. The fourth-order valence-electron chi connectivity index (χ4n) is 1.88. The smallest absolute Gasteiger partial charge is 0.276 e. The maximum absolute atomic E-state index is 11.5. The molecule has 0 saturated heterocycles. The lowest BCUT2D eigenvalue weighted by atomic mass is 10.1. The van der Waals surface area contributed by atoms with Crippen molar-refractivity contribution in [1.82, 2.24) is 9.97 Å². The highest BCUT2D eigenvalue weighted by molar-refractivity contribution is 7.80. The summed E-state index contributed by atoms with van der Waals surface area (Å²) >= 11 is 4.95. The van der Waals surface area contributed by atoms with Crippen molar-refractivity contribution in [3.05, 3.63) is 52.1 Å². The minimum Gasteiger partial charge on any atom is -0.391 e. The van der Waals surface area contributed by atoms with Gasteiger partial charge in [-0.15, -0.1) is 0 Å². The molecule has 20 heavy (non-hydrogen) atoms. The molecule has 0 radical (unpaired) electrons. The Labute approximate surface area is 121 Å². The standard InChI is InChI=1S/C13H15N5OS/c1-18(12-10(14)13(19)17-7-16-12)6-8-3-2-4-9(5-8)11(15)20/h2-5,7H,6,14H2,1H3,(H2,15,20)(H,16,17,19). The number of benzene rings is 1. The Morgan fingerprint density at radius 3 is 2.95 bits per heavy atom. The average molecular weight is 289 g/mol. The second-order valence-corrected chi connectivity index (χ2v) is 4.83. The molecule has 1 heterocycles. The third kappa shape index (κ3) is 2.94. The van der Waals surface area contributed by atoms with Crippen molar-refractivity contribution in [2.75, 3.05) is 17.7 Å². The van der Waals surface area contributed by atoms with Crippen molar-refractivity contribution in [2.45, 2.75) is 6.54 Å². The van der Waals surface area contributed by atoms with E-state index in [-0.39, 0.29) is 11.2 Å². The number of aromatic amines is 1. The number of nitrogen functional groups attached to an aromatic ring is 1. The molecule has 0 aliphatic rings. The lowest BCUT2D eigenvalue weighted by Gasteiger charge is -2.19. The molecule has 7 heteroatoms. The number of nitrogens with one attached hydrogen (secondary N) is 1. The molecule has 0 bridgehead atoms. The van der Waals surface area contributed by atoms with Gasteiger partial charge in [0.15, 0.2) is 5.82 Å². The van der Waals surface area contributed by atoms with Gasteiger partial charge in [-0.25, -0.2) is 4.98 Å². The van der Waals surface area contributed by atoms with Gasteiger partial charge in [-0.3, -0.25) is 4.79 Å². The third-order valence-corrected chi connectivity index (χ3v) is 3.10. The molecule has 104 valence electrons. The Hall–Kier alpha value is -2.41. The number of rotatable bonds is 4. The molecular weight excluding hydrogens is 274 g/mol. The van der Waals surface area contributed by atoms with E-state index < -0.39 is 0 Å². The van der Waals surface area contributed by atoms with Crippen molar-refractivity contribution in [1.29, 1.82) is 0 Å². The summed E-state index contributed by atoms with van der Waals surface area (Å²) in [6.45, 7) is 0.539. The van der Waals surface area contributed by atoms with E-state index in [2.05, 4.69) is 9.97 Å². The van der Waals surface area contributed by atoms with E-state index in [0.717, 1.165) is 11.1 Å². The van der Waals surface area contributed by atoms with E-state index in [4.69, 9.17) is 23.7 Å². The molecule has 0 saturated carbocycles. The van der Waals surface area contributed by atoms with E-state index >= 15 is 0 Å². The van der Waals surface area contributed by atoms with E-state index in [9.17, 15) is 4.79 Å². The predicted molar refractivity (Wildman–Crippen MR) is 83.7 cm³/mol. The zero-order valence-electron chi connectivity index (χ0n) is 11.0. The van der Waals surface area contributed by atoms with Gasteiger partial charge in [0.2, 0.25) is 0 Å². The van der Waals surface area contributed by atoms with Crippen molar-refractivity contribution < 1.29 is 0 Å². The minimum absolute atomic E-state index is 0.0977. The van der Waals surface area contributed by atoms with Crippen molar-refractivity contribution in [3.63, 3.8) is 0 Å². The Kier molecular flexibility index (Phi) is 3.99. The fraction of sp³-hybridized carbons (Fsp3) is 0.154. The predicted octanol–water partition coefficient (Wildman–Crippen LogP) is 0.623. The summed E-state index contributed by atoms with van der Waals surface area (Å²) in [5.74, 6) is 0.439. The molecule has 0 amide bonds. The van der Waals surface area contributed by atoms with Crippen LogP contribution in [0.2, 0.25) is 0 Å². The van der Waals surface area contributed by atoms with E-state index in [1.807, 2.05) is 31.3 Å². The molecule has 0 aliphatic heterocycles. The largest absolute Gasteiger partial charge is 0.391 e. The van der Waals surface area contributed by atoms with Crippen LogP contribution >= 0.6 is 12.2 Å². The second-order valence-electron chi connectivity index (χ2n) is 4.39. The highest BCUT2D eigenvalue weighted by atomic mass is 32.1. The molecule has 1 aromatic carbocycles. The number of thiocarbonyl (C=S) groups is 1. The van der Waals surface area contributed by atoms with Crippen LogP contribution in [0.1, 0.15) is 11.1 Å². The molecule has 2 aromatic rings. The van der Waals surface area contributed by atoms with Crippen LogP contribution < -0.4 is 21.9 Å². The van der Waals surface area contributed by atoms with Crippen LogP contribution in [0.4, 0.5) is 11.5 Å². The zero-order chi connectivity index (χ0) is 14.7. The lowest BCUT2D eigenvalue weighted by Crippen LogP contribution is -2.24. The summed E-state index contributed by atoms with van der Waals surface area (Å²) in [5.41, 5.74) is 12.9. The number of nitrogens with zero attached hydrogens (tertiary/aromatic N) is 2. The molecule has 6 nitrogen and oxygen atoms in total. The minimum atomic E-state index is -0.348. The molecule has 0 aliphatic carbocycles. The maximum atomic E-state index is 11.5. The van der Waals surface area contributed by atoms with Crippen molar-refractivity contribution in [3.8, 4) is 0 Å². The maximum Gasteiger partial charge on any atom is 0.276 e. The quantitative estimate of drug-likeness (QED) is 0.713. The number of nitrogens with two attached hydrogens (primary N) is 2. The molecule has 0 unspecified atom stereocenters. The highest BCUT2D eigenvalue weighted by Gasteiger charge is 2.10. The van der Waals surface area contributed by atoms with Crippen LogP contribution in [0, 0.1) is 0 Å². The van der Waals surface area contributed by atoms with Crippen LogP contribution in [0.25, 0.3) is 0 Å². The zero-order valence-corrected chi connectivity index (χ0v) is 11.8. The van der Waals surface area contributed by atoms with Gasteiger partial charge < -0.3 is 21.4 Å². The summed E-state index contributed by atoms with van der Waals surface area (Å²) in [6, 6.07) is 7.59. The third-order valence-electron chi connectivity index (χ3n) is 2.86. The first-order valence-corrected chi connectivity index (χ1v) is 6.33. The van der Waals surface area contributed by atoms with Gasteiger partial charge in [-0.1, -0.05) is 30.4 Å². The van der Waals surface area contributed by atoms with Gasteiger partial charge in [0.25, 0.3) is 5.56 Å². The number of hydrogen-bond acceptors (Lipinski definition) is 5. The summed E-state index contributed by atoms with van der Waals surface area (Å²) in [4.78, 5) is 20.1. The molecule has 1 aromatic heterocycles. The van der Waals surface area contributed by atoms with Gasteiger partial charge in [0, 0.05) is 19.2 Å². The van der Waals surface area contributed by atoms with Crippen LogP contribution in [0.15, 0.2) is 35.4 Å². The number of anilines is 2. The topological polar surface area (TPSA) is 101 Å². The fourth-order valence-corrected chi connectivity index (χ4v) is 2.00. The summed E-state index contributed by atoms with van der Waals surface area (Å²) in [5, 5.41) is 0. The van der Waals surface area contributed by atoms with Crippen molar-refractivity contribution >= 4 is 28.7 Å². The average Bonchev–Trinajstić information content (AvgIpc) is 2.42. The Balaban J connectivity index is 2.25. The van der Waals surface area contributed by atoms with E-state index in [1.54, 1.807) is 4.90 Å². The van der Waals surface area contributed by atoms with Crippen LogP contribution in [0.5, 0.6) is 0 Å². The number of hydrogen-bond donors (Lipinski definition) is 3. The Morgan fingerprint density at radius 1 is 1.50 bits per heavy atom. The first-order valence-electron chi connectivity index (χ1n) is 5.92. The number of aromatic nitrogens is 2. The first-order chi connectivity index (χ1) is 9.49. The SMILES string of the molecule is CN(Cc1cccc(C(N)=S)c1)c1nc[nH]c(=O)c1N. The van der Waals surface area contributed by atoms with Gasteiger partial charge in [0.05, 0.1) is 6.33 Å². The summed E-state index contributed by atoms with van der Waals surface area (Å²) in [6.07, 6.45) is 1.33. The van der Waals surface area contributed by atoms with Crippen molar-refractivity contribution in [2.24, 2.45) is 5.73 Å². The van der Waals surface area contributed by atoms with Crippen LogP contribution in [0.3, 0.4) is 0 Å². The molecular formula is C13H15N5OS. The van der Waals surface area contributed by atoms with Crippen LogP contribution in [-0.4, -0.2) is 22.0 Å². The highest BCUT2D eigenvalue weighted by Crippen LogP contribution is 2.16. The lowest BCUT2D eigenvalue weighted by molar-refractivity contribution is 0.889. The van der Waals surface area contributed by atoms with E-state index in [1.165, 1.54) is 6.33 Å². The van der Waals surface area contributed by atoms with Gasteiger partial charge in [-0.2, -0.15) is 0 Å². The van der Waals surface area contributed by atoms with E-state index in [0.29, 0.717) is 17.4 Å². The van der Waals surface area contributed by atoms with Gasteiger partial charge in [0.1, 0.15) is 10.7 Å². The first kappa shape index (κ1) is 14.0. The Morgan fingerprint density at radius 2 is 2.25 bits per heavy atom.